The number of nitrogens with one attached hydrogen (secondary N) is 2. The highest BCUT2D eigenvalue weighted by atomic mass is 16.5. The summed E-state index contributed by atoms with van der Waals surface area (Å²) < 4.78 is 31.5. The molecule has 0 unspecified atom stereocenters. The zero-order chi connectivity index (χ0) is 39.4. The second-order valence-corrected chi connectivity index (χ2v) is 13.3. The summed E-state index contributed by atoms with van der Waals surface area (Å²) in [5.41, 5.74) is 7.30. The van der Waals surface area contributed by atoms with Gasteiger partial charge >= 0.3 is 0 Å². The van der Waals surface area contributed by atoms with Crippen molar-refractivity contribution >= 4 is 23.2 Å². The highest BCUT2D eigenvalue weighted by Crippen LogP contribution is 2.47. The van der Waals surface area contributed by atoms with Gasteiger partial charge < -0.3 is 34.0 Å². The van der Waals surface area contributed by atoms with E-state index in [0.29, 0.717) is 56.6 Å². The SMILES string of the molecule is CC(=O)Nc1cc(OCc2ccccc2)c(OCc2ccccc2)cc1-c1cocc1-c1cc(OCc2ccccc2)c(OCc2ccccc2)cc1NC(C)=O. The Morgan fingerprint density at radius 2 is 0.702 bits per heavy atom. The highest BCUT2D eigenvalue weighted by molar-refractivity contribution is 6.01. The third-order valence-corrected chi connectivity index (χ3v) is 8.98. The summed E-state index contributed by atoms with van der Waals surface area (Å²) in [5, 5.41) is 5.97. The predicted molar refractivity (Wildman–Crippen MR) is 221 cm³/mol. The third kappa shape index (κ3) is 10.1. The van der Waals surface area contributed by atoms with Gasteiger partial charge in [0, 0.05) is 48.2 Å². The van der Waals surface area contributed by atoms with Crippen LogP contribution in [-0.2, 0) is 36.0 Å². The monoisotopic (exact) mass is 758 g/mol. The quantitative estimate of drug-likeness (QED) is 0.101. The molecule has 1 heterocycles. The number of benzene rings is 6. The Labute approximate surface area is 331 Å². The van der Waals surface area contributed by atoms with Crippen LogP contribution in [0.5, 0.6) is 23.0 Å². The second kappa shape index (κ2) is 18.4. The first-order valence-corrected chi connectivity index (χ1v) is 18.5. The minimum Gasteiger partial charge on any atom is -0.485 e. The van der Waals surface area contributed by atoms with Gasteiger partial charge in [0.05, 0.1) is 23.9 Å². The van der Waals surface area contributed by atoms with Gasteiger partial charge in [-0.1, -0.05) is 121 Å². The molecule has 2 N–H and O–H groups in total. The van der Waals surface area contributed by atoms with Gasteiger partial charge in [-0.3, -0.25) is 9.59 Å². The van der Waals surface area contributed by atoms with E-state index in [1.807, 2.05) is 133 Å². The topological polar surface area (TPSA) is 108 Å². The maximum absolute atomic E-state index is 12.7. The number of carbonyl (C=O) groups is 2. The Morgan fingerprint density at radius 1 is 0.421 bits per heavy atom. The summed E-state index contributed by atoms with van der Waals surface area (Å²) in [6.07, 6.45) is 3.20. The van der Waals surface area contributed by atoms with E-state index in [1.54, 1.807) is 24.7 Å². The van der Waals surface area contributed by atoms with Gasteiger partial charge in [-0.15, -0.1) is 0 Å². The Bertz CT molecular complexity index is 2250. The first kappa shape index (κ1) is 38.0. The number of anilines is 2. The van der Waals surface area contributed by atoms with Crippen molar-refractivity contribution in [2.75, 3.05) is 10.6 Å². The van der Waals surface area contributed by atoms with Gasteiger partial charge in [-0.05, 0) is 34.4 Å². The van der Waals surface area contributed by atoms with Crippen molar-refractivity contribution in [2.45, 2.75) is 40.3 Å². The molecule has 1 aromatic heterocycles. The highest BCUT2D eigenvalue weighted by Gasteiger charge is 2.23. The van der Waals surface area contributed by atoms with Crippen molar-refractivity contribution < 1.29 is 33.0 Å². The van der Waals surface area contributed by atoms with E-state index >= 15 is 0 Å². The lowest BCUT2D eigenvalue weighted by atomic mass is 9.95. The lowest BCUT2D eigenvalue weighted by Crippen LogP contribution is -2.09. The molecule has 9 heteroatoms. The molecule has 9 nitrogen and oxygen atoms in total. The number of furan rings is 1. The molecule has 286 valence electrons. The number of hydrogen-bond acceptors (Lipinski definition) is 7. The van der Waals surface area contributed by atoms with Crippen LogP contribution < -0.4 is 29.6 Å². The lowest BCUT2D eigenvalue weighted by Gasteiger charge is -2.20. The molecule has 0 fully saturated rings. The third-order valence-electron chi connectivity index (χ3n) is 8.98. The normalized spacial score (nSPS) is 10.7. The van der Waals surface area contributed by atoms with E-state index < -0.39 is 0 Å². The summed E-state index contributed by atoms with van der Waals surface area (Å²) in [7, 11) is 0. The first-order valence-electron chi connectivity index (χ1n) is 18.5. The molecule has 7 aromatic rings. The number of ether oxygens (including phenoxy) is 4. The van der Waals surface area contributed by atoms with Gasteiger partial charge in [0.25, 0.3) is 0 Å². The standard InChI is InChI=1S/C48H42N2O7/c1-33(51)49-43-25-47(56-29-37-19-11-5-12-20-37)45(54-27-35-15-7-3-8-16-35)23-39(43)41-31-53-32-42(41)40-24-46(55-28-36-17-9-4-10-18-36)48(26-44(40)50-34(2)52)57-30-38-21-13-6-14-22-38/h3-26,31-32H,27-30H2,1-2H3,(H,49,51)(H,50,52). The van der Waals surface area contributed by atoms with Gasteiger partial charge in [-0.25, -0.2) is 0 Å². The molecule has 0 atom stereocenters. The van der Waals surface area contributed by atoms with Crippen molar-refractivity contribution in [2.24, 2.45) is 0 Å². The Balaban J connectivity index is 1.33. The molecule has 57 heavy (non-hydrogen) atoms. The summed E-state index contributed by atoms with van der Waals surface area (Å²) in [4.78, 5) is 25.4. The minimum atomic E-state index is -0.274. The van der Waals surface area contributed by atoms with E-state index in [4.69, 9.17) is 23.4 Å². The van der Waals surface area contributed by atoms with Crippen molar-refractivity contribution in [1.29, 1.82) is 0 Å². The fourth-order valence-electron chi connectivity index (χ4n) is 6.26. The molecule has 2 amide bonds. The van der Waals surface area contributed by atoms with Crippen LogP contribution in [0.1, 0.15) is 36.1 Å². The molecule has 0 aliphatic carbocycles. The molecule has 6 aromatic carbocycles. The fraction of sp³-hybridized carbons (Fsp3) is 0.125. The fourth-order valence-corrected chi connectivity index (χ4v) is 6.26. The van der Waals surface area contributed by atoms with E-state index in [1.165, 1.54) is 13.8 Å². The van der Waals surface area contributed by atoms with Crippen LogP contribution in [0.15, 0.2) is 163 Å². The van der Waals surface area contributed by atoms with Crippen LogP contribution in [0.2, 0.25) is 0 Å². The average Bonchev–Trinajstić information content (AvgIpc) is 3.72. The van der Waals surface area contributed by atoms with Gasteiger partial charge in [0.2, 0.25) is 11.8 Å². The molecule has 0 aliphatic rings. The van der Waals surface area contributed by atoms with Crippen LogP contribution in [0.25, 0.3) is 22.3 Å². The Hall–Kier alpha value is -7.26. The lowest BCUT2D eigenvalue weighted by molar-refractivity contribution is -0.115. The average molecular weight is 759 g/mol. The van der Waals surface area contributed by atoms with Crippen LogP contribution in [0.3, 0.4) is 0 Å². The molecular formula is C48H42N2O7. The number of carbonyl (C=O) groups excluding carboxylic acids is 2. The molecular weight excluding hydrogens is 717 g/mol. The maximum atomic E-state index is 12.7. The smallest absolute Gasteiger partial charge is 0.221 e. The zero-order valence-electron chi connectivity index (χ0n) is 31.7. The van der Waals surface area contributed by atoms with Crippen molar-refractivity contribution in [1.82, 2.24) is 0 Å². The molecule has 0 bridgehead atoms. The minimum absolute atomic E-state index is 0.274. The summed E-state index contributed by atoms with van der Waals surface area (Å²) in [6.45, 7) is 4.01. The predicted octanol–water partition coefficient (Wildman–Crippen LogP) is 10.8. The first-order chi connectivity index (χ1) is 27.9. The van der Waals surface area contributed by atoms with Crippen molar-refractivity contribution in [3.8, 4) is 45.3 Å². The zero-order valence-corrected chi connectivity index (χ0v) is 31.7. The largest absolute Gasteiger partial charge is 0.485 e. The van der Waals surface area contributed by atoms with E-state index in [0.717, 1.165) is 22.3 Å². The van der Waals surface area contributed by atoms with E-state index in [-0.39, 0.29) is 38.2 Å². The van der Waals surface area contributed by atoms with Crippen LogP contribution in [0.4, 0.5) is 11.4 Å². The second-order valence-electron chi connectivity index (χ2n) is 13.3. The molecule has 0 saturated carbocycles. The number of hydrogen-bond donors (Lipinski definition) is 2. The molecule has 0 spiro atoms. The van der Waals surface area contributed by atoms with Crippen LogP contribution in [-0.4, -0.2) is 11.8 Å². The van der Waals surface area contributed by atoms with Gasteiger partial charge in [-0.2, -0.15) is 0 Å². The number of rotatable bonds is 16. The van der Waals surface area contributed by atoms with Crippen LogP contribution >= 0.6 is 0 Å². The number of amides is 2. The van der Waals surface area contributed by atoms with Gasteiger partial charge in [0.1, 0.15) is 26.4 Å². The van der Waals surface area contributed by atoms with E-state index in [2.05, 4.69) is 10.6 Å². The Morgan fingerprint density at radius 3 is 0.982 bits per heavy atom. The molecule has 0 radical (unpaired) electrons. The molecule has 0 aliphatic heterocycles. The van der Waals surface area contributed by atoms with Crippen molar-refractivity contribution in [3.63, 3.8) is 0 Å². The van der Waals surface area contributed by atoms with Gasteiger partial charge in [0.15, 0.2) is 23.0 Å². The summed E-state index contributed by atoms with van der Waals surface area (Å²) in [6, 6.07) is 46.5. The maximum Gasteiger partial charge on any atom is 0.221 e. The Kier molecular flexibility index (Phi) is 12.3. The van der Waals surface area contributed by atoms with Crippen molar-refractivity contribution in [3.05, 3.63) is 180 Å². The molecule has 0 saturated heterocycles. The summed E-state index contributed by atoms with van der Waals surface area (Å²) >= 11 is 0. The van der Waals surface area contributed by atoms with E-state index in [9.17, 15) is 9.59 Å². The molecule has 7 rings (SSSR count). The van der Waals surface area contributed by atoms with Crippen LogP contribution in [0, 0.1) is 0 Å². The summed E-state index contributed by atoms with van der Waals surface area (Å²) in [5.74, 6) is 1.27.